The maximum absolute atomic E-state index is 13.2. The minimum atomic E-state index is -0.666. The predicted molar refractivity (Wildman–Crippen MR) is 146 cm³/mol. The van der Waals surface area contributed by atoms with Crippen molar-refractivity contribution in [2.75, 3.05) is 19.5 Å². The average Bonchev–Trinajstić information content (AvgIpc) is 3.40. The van der Waals surface area contributed by atoms with Crippen molar-refractivity contribution in [3.63, 3.8) is 0 Å². The molecule has 1 N–H and O–H groups in total. The van der Waals surface area contributed by atoms with Crippen LogP contribution in [-0.4, -0.2) is 35.0 Å². The number of fused-ring (bicyclic) bond motifs is 1. The van der Waals surface area contributed by atoms with Gasteiger partial charge in [-0.05, 0) is 47.5 Å². The summed E-state index contributed by atoms with van der Waals surface area (Å²) in [5.41, 5.74) is 3.10. The maximum atomic E-state index is 13.2. The van der Waals surface area contributed by atoms with E-state index in [9.17, 15) is 4.79 Å². The van der Waals surface area contributed by atoms with Gasteiger partial charge in [0.1, 0.15) is 19.0 Å². The summed E-state index contributed by atoms with van der Waals surface area (Å²) in [5.74, 6) is 0.899. The number of anilines is 1. The van der Waals surface area contributed by atoms with Crippen LogP contribution >= 0.6 is 34.8 Å². The summed E-state index contributed by atoms with van der Waals surface area (Å²) in [4.78, 5) is 17.5. The van der Waals surface area contributed by atoms with E-state index in [1.54, 1.807) is 54.3 Å². The molecule has 2 heterocycles. The Kier molecular flexibility index (Phi) is 7.46. The molecule has 4 aromatic rings. The smallest absolute Gasteiger partial charge is 0.338 e. The van der Waals surface area contributed by atoms with Crippen LogP contribution in [0.25, 0.3) is 5.70 Å². The fourth-order valence-electron chi connectivity index (χ4n) is 4.21. The van der Waals surface area contributed by atoms with Gasteiger partial charge < -0.3 is 19.5 Å². The molecule has 8 nitrogen and oxygen atoms in total. The van der Waals surface area contributed by atoms with Crippen LogP contribution in [0.2, 0.25) is 15.1 Å². The van der Waals surface area contributed by atoms with E-state index in [4.69, 9.17) is 49.0 Å². The molecule has 0 amide bonds. The lowest BCUT2D eigenvalue weighted by Crippen LogP contribution is -2.29. The van der Waals surface area contributed by atoms with E-state index >= 15 is 0 Å². The Morgan fingerprint density at radius 2 is 1.74 bits per heavy atom. The van der Waals surface area contributed by atoms with Crippen LogP contribution in [0.15, 0.2) is 72.6 Å². The van der Waals surface area contributed by atoms with Gasteiger partial charge in [0, 0.05) is 20.6 Å². The number of carbonyl (C=O) groups is 1. The molecule has 0 fully saturated rings. The molecule has 0 unspecified atom stereocenters. The lowest BCUT2D eigenvalue weighted by atomic mass is 9.92. The first-order valence-corrected chi connectivity index (χ1v) is 12.5. The zero-order chi connectivity index (χ0) is 26.8. The number of esters is 1. The Bertz CT molecular complexity index is 1540. The largest absolute Gasteiger partial charge is 0.493 e. The van der Waals surface area contributed by atoms with E-state index in [-0.39, 0.29) is 6.61 Å². The molecule has 0 saturated carbocycles. The van der Waals surface area contributed by atoms with Gasteiger partial charge in [-0.25, -0.2) is 9.48 Å². The fraction of sp³-hybridized carbons (Fsp3) is 0.148. The van der Waals surface area contributed by atoms with E-state index in [0.717, 1.165) is 11.1 Å². The number of hydrogen-bond acceptors (Lipinski definition) is 7. The van der Waals surface area contributed by atoms with Gasteiger partial charge in [0.15, 0.2) is 11.5 Å². The third-order valence-corrected chi connectivity index (χ3v) is 6.88. The summed E-state index contributed by atoms with van der Waals surface area (Å²) < 4.78 is 18.5. The minimum Gasteiger partial charge on any atom is -0.493 e. The van der Waals surface area contributed by atoms with Gasteiger partial charge in [0.05, 0.1) is 25.5 Å². The molecule has 3 aromatic carbocycles. The lowest BCUT2D eigenvalue weighted by molar-refractivity contribution is -0.136. The third kappa shape index (κ3) is 5.03. The van der Waals surface area contributed by atoms with E-state index < -0.39 is 12.0 Å². The third-order valence-electron chi connectivity index (χ3n) is 6.04. The number of ether oxygens (including phenoxy) is 3. The Labute approximate surface area is 233 Å². The Balaban J connectivity index is 1.56. The molecule has 1 aromatic heterocycles. The number of carbonyl (C=O) groups excluding carboxylic acids is 1. The normalized spacial score (nSPS) is 14.5. The topological polar surface area (TPSA) is 87.5 Å². The van der Waals surface area contributed by atoms with E-state index in [1.807, 2.05) is 18.2 Å². The van der Waals surface area contributed by atoms with E-state index in [2.05, 4.69) is 15.4 Å². The molecule has 0 spiro atoms. The maximum Gasteiger partial charge on any atom is 0.338 e. The molecule has 38 heavy (non-hydrogen) atoms. The lowest BCUT2D eigenvalue weighted by Gasteiger charge is -2.29. The summed E-state index contributed by atoms with van der Waals surface area (Å²) in [5, 5.41) is 9.21. The Hall–Kier alpha value is -3.72. The van der Waals surface area contributed by atoms with Crippen molar-refractivity contribution in [2.24, 2.45) is 0 Å². The molecule has 1 aliphatic heterocycles. The highest BCUT2D eigenvalue weighted by atomic mass is 35.5. The highest BCUT2D eigenvalue weighted by Gasteiger charge is 2.36. The van der Waals surface area contributed by atoms with Gasteiger partial charge in [-0.3, -0.25) is 0 Å². The number of benzene rings is 3. The number of halogens is 3. The van der Waals surface area contributed by atoms with E-state index in [0.29, 0.717) is 49.3 Å². The first-order valence-electron chi connectivity index (χ1n) is 11.4. The summed E-state index contributed by atoms with van der Waals surface area (Å²) in [6.07, 6.45) is 1.42. The predicted octanol–water partition coefficient (Wildman–Crippen LogP) is 6.43. The molecule has 0 bridgehead atoms. The van der Waals surface area contributed by atoms with Gasteiger partial charge in [0.25, 0.3) is 0 Å². The van der Waals surface area contributed by atoms with Crippen molar-refractivity contribution in [1.29, 1.82) is 0 Å². The number of rotatable bonds is 7. The summed E-state index contributed by atoms with van der Waals surface area (Å²) in [7, 11) is 2.88. The molecule has 1 atom stereocenters. The van der Waals surface area contributed by atoms with Crippen molar-refractivity contribution >= 4 is 52.4 Å². The van der Waals surface area contributed by atoms with Gasteiger partial charge in [-0.2, -0.15) is 10.1 Å². The van der Waals surface area contributed by atoms with Gasteiger partial charge in [-0.1, -0.05) is 59.1 Å². The van der Waals surface area contributed by atoms with Gasteiger partial charge in [-0.15, -0.1) is 0 Å². The van der Waals surface area contributed by atoms with Crippen molar-refractivity contribution in [3.8, 4) is 11.5 Å². The van der Waals surface area contributed by atoms with Gasteiger partial charge in [0.2, 0.25) is 5.95 Å². The molecule has 0 aliphatic carbocycles. The van der Waals surface area contributed by atoms with Gasteiger partial charge >= 0.3 is 5.97 Å². The van der Waals surface area contributed by atoms with Crippen LogP contribution in [0.4, 0.5) is 5.95 Å². The monoisotopic (exact) mass is 570 g/mol. The molecular weight excluding hydrogens is 551 g/mol. The highest BCUT2D eigenvalue weighted by molar-refractivity contribution is 6.35. The quantitative estimate of drug-likeness (QED) is 0.256. The van der Waals surface area contributed by atoms with Crippen LogP contribution < -0.4 is 14.8 Å². The molecule has 5 rings (SSSR count). The average molecular weight is 572 g/mol. The standard InChI is InChI=1S/C27H21Cl3N4O4/c1-36-22-11-16(6-10-21(22)38-13-17-5-9-19(29)12-20(17)30)25-23(26(35)37-2)24(15-3-7-18(28)8-4-15)33-27-31-14-32-34(25)27/h3-12,14,25H,13H2,1-2H3,(H,31,32,33)/t25-/m1/s1. The van der Waals surface area contributed by atoms with E-state index in [1.165, 1.54) is 13.4 Å². The molecule has 0 radical (unpaired) electrons. The van der Waals surface area contributed by atoms with Crippen LogP contribution in [-0.2, 0) is 16.1 Å². The second-order valence-corrected chi connectivity index (χ2v) is 9.56. The number of hydrogen-bond donors (Lipinski definition) is 1. The van der Waals surface area contributed by atoms with Crippen molar-refractivity contribution < 1.29 is 19.0 Å². The summed E-state index contributed by atoms with van der Waals surface area (Å²) >= 11 is 18.4. The molecule has 194 valence electrons. The summed E-state index contributed by atoms with van der Waals surface area (Å²) in [6, 6.07) is 17.1. The Morgan fingerprint density at radius 1 is 0.974 bits per heavy atom. The second kappa shape index (κ2) is 10.9. The number of nitrogens with one attached hydrogen (secondary N) is 1. The first kappa shape index (κ1) is 25.9. The summed E-state index contributed by atoms with van der Waals surface area (Å²) in [6.45, 7) is 0.209. The van der Waals surface area contributed by atoms with Crippen molar-refractivity contribution in [2.45, 2.75) is 12.6 Å². The first-order chi connectivity index (χ1) is 18.4. The zero-order valence-corrected chi connectivity index (χ0v) is 22.5. The van der Waals surface area contributed by atoms with Crippen LogP contribution in [0.5, 0.6) is 11.5 Å². The SMILES string of the molecule is COC(=O)C1=C(c2ccc(Cl)cc2)Nc2ncnn2[C@@H]1c1ccc(OCc2ccc(Cl)cc2Cl)c(OC)c1. The highest BCUT2D eigenvalue weighted by Crippen LogP contribution is 2.41. The number of methoxy groups -OCH3 is 2. The molecule has 11 heteroatoms. The number of aromatic nitrogens is 3. The van der Waals surface area contributed by atoms with Crippen molar-refractivity contribution in [3.05, 3.63) is 104 Å². The van der Waals surface area contributed by atoms with Crippen LogP contribution in [0.3, 0.4) is 0 Å². The molecule has 0 saturated heterocycles. The minimum absolute atomic E-state index is 0.209. The zero-order valence-electron chi connectivity index (χ0n) is 20.2. The van der Waals surface area contributed by atoms with Crippen LogP contribution in [0.1, 0.15) is 22.7 Å². The van der Waals surface area contributed by atoms with Crippen molar-refractivity contribution in [1.82, 2.24) is 14.8 Å². The fourth-order valence-corrected chi connectivity index (χ4v) is 4.80. The molecule has 1 aliphatic rings. The molecular formula is C27H21Cl3N4O4. The second-order valence-electron chi connectivity index (χ2n) is 8.28. The number of nitrogens with zero attached hydrogens (tertiary/aromatic N) is 3. The van der Waals surface area contributed by atoms with Crippen LogP contribution in [0, 0.1) is 0 Å². The Morgan fingerprint density at radius 3 is 2.45 bits per heavy atom.